The van der Waals surface area contributed by atoms with Gasteiger partial charge in [-0.2, -0.15) is 0 Å². The van der Waals surface area contributed by atoms with Crippen LogP contribution in [0.4, 0.5) is 0 Å². The number of aliphatic hydroxyl groups is 1. The van der Waals surface area contributed by atoms with Gasteiger partial charge in [0.05, 0.1) is 4.90 Å². The molecule has 0 heterocycles. The topological polar surface area (TPSA) is 66.4 Å². The molecule has 0 spiro atoms. The summed E-state index contributed by atoms with van der Waals surface area (Å²) in [7, 11) is -3.16. The van der Waals surface area contributed by atoms with Crippen LogP contribution in [0.1, 0.15) is 32.3 Å². The Kier molecular flexibility index (Phi) is 5.52. The molecule has 0 bridgehead atoms. The number of hydrogen-bond acceptors (Lipinski definition) is 4. The van der Waals surface area contributed by atoms with Crippen LogP contribution in [0.15, 0.2) is 29.2 Å². The van der Waals surface area contributed by atoms with Crippen LogP contribution in [0, 0.1) is 0 Å². The van der Waals surface area contributed by atoms with Gasteiger partial charge in [-0.1, -0.05) is 19.1 Å². The van der Waals surface area contributed by atoms with E-state index in [0.29, 0.717) is 11.3 Å². The predicted molar refractivity (Wildman–Crippen MR) is 76.9 cm³/mol. The third kappa shape index (κ3) is 4.30. The van der Waals surface area contributed by atoms with Gasteiger partial charge in [0.15, 0.2) is 9.84 Å². The maximum atomic E-state index is 11.4. The molecule has 2 N–H and O–H groups in total. The molecule has 0 amide bonds. The number of aliphatic hydroxyl groups excluding tert-OH is 1. The van der Waals surface area contributed by atoms with Crippen LogP contribution in [0.5, 0.6) is 0 Å². The first-order valence-electron chi connectivity index (χ1n) is 6.50. The van der Waals surface area contributed by atoms with E-state index >= 15 is 0 Å². The SMILES string of the molecule is CCCNC(C)(CCO)c1ccc(S(C)(=O)=O)cc1. The summed E-state index contributed by atoms with van der Waals surface area (Å²) in [5.41, 5.74) is 0.656. The molecular weight excluding hydrogens is 262 g/mol. The Hall–Kier alpha value is -0.910. The van der Waals surface area contributed by atoms with Gasteiger partial charge in [0.2, 0.25) is 0 Å². The van der Waals surface area contributed by atoms with Gasteiger partial charge in [0.1, 0.15) is 0 Å². The molecule has 0 radical (unpaired) electrons. The van der Waals surface area contributed by atoms with Crippen molar-refractivity contribution in [1.29, 1.82) is 0 Å². The van der Waals surface area contributed by atoms with Gasteiger partial charge in [0, 0.05) is 18.4 Å². The molecule has 0 saturated heterocycles. The van der Waals surface area contributed by atoms with E-state index in [2.05, 4.69) is 12.2 Å². The van der Waals surface area contributed by atoms with E-state index in [0.717, 1.165) is 18.5 Å². The van der Waals surface area contributed by atoms with Crippen molar-refractivity contribution in [2.75, 3.05) is 19.4 Å². The van der Waals surface area contributed by atoms with Crippen molar-refractivity contribution < 1.29 is 13.5 Å². The normalized spacial score (nSPS) is 15.2. The Morgan fingerprint density at radius 3 is 2.26 bits per heavy atom. The maximum Gasteiger partial charge on any atom is 0.175 e. The summed E-state index contributed by atoms with van der Waals surface area (Å²) in [6, 6.07) is 6.87. The first-order chi connectivity index (χ1) is 8.83. The third-order valence-electron chi connectivity index (χ3n) is 3.30. The van der Waals surface area contributed by atoms with Crippen LogP contribution in [0.3, 0.4) is 0 Å². The van der Waals surface area contributed by atoms with E-state index in [4.69, 9.17) is 0 Å². The lowest BCUT2D eigenvalue weighted by molar-refractivity contribution is 0.221. The van der Waals surface area contributed by atoms with Crippen molar-refractivity contribution in [3.05, 3.63) is 29.8 Å². The quantitative estimate of drug-likeness (QED) is 0.800. The minimum atomic E-state index is -3.16. The van der Waals surface area contributed by atoms with E-state index in [9.17, 15) is 13.5 Å². The Morgan fingerprint density at radius 2 is 1.84 bits per heavy atom. The summed E-state index contributed by atoms with van der Waals surface area (Å²) in [4.78, 5) is 0.318. The number of hydrogen-bond donors (Lipinski definition) is 2. The van der Waals surface area contributed by atoms with Crippen molar-refractivity contribution in [3.63, 3.8) is 0 Å². The van der Waals surface area contributed by atoms with Crippen molar-refractivity contribution in [1.82, 2.24) is 5.32 Å². The largest absolute Gasteiger partial charge is 0.396 e. The van der Waals surface area contributed by atoms with Gasteiger partial charge in [-0.3, -0.25) is 0 Å². The molecule has 0 saturated carbocycles. The summed E-state index contributed by atoms with van der Waals surface area (Å²) in [6.07, 6.45) is 2.79. The van der Waals surface area contributed by atoms with E-state index < -0.39 is 9.84 Å². The molecule has 19 heavy (non-hydrogen) atoms. The smallest absolute Gasteiger partial charge is 0.175 e. The highest BCUT2D eigenvalue weighted by Crippen LogP contribution is 2.25. The van der Waals surface area contributed by atoms with Gasteiger partial charge in [-0.25, -0.2) is 8.42 Å². The van der Waals surface area contributed by atoms with Crippen molar-refractivity contribution in [2.45, 2.75) is 37.1 Å². The Bertz CT molecular complexity index is 496. The summed E-state index contributed by atoms with van der Waals surface area (Å²) >= 11 is 0. The second-order valence-electron chi connectivity index (χ2n) is 5.03. The van der Waals surface area contributed by atoms with Gasteiger partial charge in [-0.15, -0.1) is 0 Å². The summed E-state index contributed by atoms with van der Waals surface area (Å²) in [6.45, 7) is 5.04. The number of rotatable bonds is 7. The van der Waals surface area contributed by atoms with E-state index in [1.54, 1.807) is 12.1 Å². The highest BCUT2D eigenvalue weighted by Gasteiger charge is 2.25. The maximum absolute atomic E-state index is 11.4. The van der Waals surface area contributed by atoms with Crippen molar-refractivity contribution in [2.24, 2.45) is 0 Å². The third-order valence-corrected chi connectivity index (χ3v) is 4.43. The lowest BCUT2D eigenvalue weighted by Gasteiger charge is -2.31. The fourth-order valence-corrected chi connectivity index (χ4v) is 2.66. The fourth-order valence-electron chi connectivity index (χ4n) is 2.03. The van der Waals surface area contributed by atoms with Crippen LogP contribution in [0.25, 0.3) is 0 Å². The number of benzene rings is 1. The van der Waals surface area contributed by atoms with Gasteiger partial charge < -0.3 is 10.4 Å². The van der Waals surface area contributed by atoms with Crippen LogP contribution in [-0.4, -0.2) is 32.9 Å². The average Bonchev–Trinajstić information content (AvgIpc) is 2.36. The van der Waals surface area contributed by atoms with Crippen LogP contribution in [-0.2, 0) is 15.4 Å². The van der Waals surface area contributed by atoms with Crippen molar-refractivity contribution >= 4 is 9.84 Å². The monoisotopic (exact) mass is 285 g/mol. The van der Waals surface area contributed by atoms with Crippen LogP contribution in [0.2, 0.25) is 0 Å². The van der Waals surface area contributed by atoms with Gasteiger partial charge in [-0.05, 0) is 44.0 Å². The van der Waals surface area contributed by atoms with Crippen LogP contribution >= 0.6 is 0 Å². The second-order valence-corrected chi connectivity index (χ2v) is 7.04. The molecule has 0 aliphatic carbocycles. The molecule has 0 aromatic heterocycles. The first kappa shape index (κ1) is 16.1. The number of nitrogens with one attached hydrogen (secondary N) is 1. The lowest BCUT2D eigenvalue weighted by Crippen LogP contribution is -2.40. The molecule has 1 aromatic carbocycles. The molecule has 0 fully saturated rings. The average molecular weight is 285 g/mol. The molecule has 108 valence electrons. The minimum absolute atomic E-state index is 0.0844. The highest BCUT2D eigenvalue weighted by atomic mass is 32.2. The van der Waals surface area contributed by atoms with Crippen LogP contribution < -0.4 is 5.32 Å². The predicted octanol–water partition coefficient (Wildman–Crippen LogP) is 1.69. The standard InChI is InChI=1S/C14H23NO3S/c1-4-10-15-14(2,9-11-16)12-5-7-13(8-6-12)19(3,17)18/h5-8,15-16H,4,9-11H2,1-3H3. The molecule has 1 unspecified atom stereocenters. The van der Waals surface area contributed by atoms with Gasteiger partial charge in [0.25, 0.3) is 0 Å². The molecule has 4 nitrogen and oxygen atoms in total. The highest BCUT2D eigenvalue weighted by molar-refractivity contribution is 7.90. The zero-order valence-electron chi connectivity index (χ0n) is 11.8. The zero-order chi connectivity index (χ0) is 14.5. The summed E-state index contributed by atoms with van der Waals surface area (Å²) in [5.74, 6) is 0. The van der Waals surface area contributed by atoms with E-state index in [1.807, 2.05) is 19.1 Å². The van der Waals surface area contributed by atoms with Gasteiger partial charge >= 0.3 is 0 Å². The second kappa shape index (κ2) is 6.50. The lowest BCUT2D eigenvalue weighted by atomic mass is 9.89. The summed E-state index contributed by atoms with van der Waals surface area (Å²) in [5, 5.41) is 12.6. The molecule has 5 heteroatoms. The molecule has 0 aliphatic rings. The molecule has 1 rings (SSSR count). The zero-order valence-corrected chi connectivity index (χ0v) is 12.6. The van der Waals surface area contributed by atoms with Crippen molar-refractivity contribution in [3.8, 4) is 0 Å². The fraction of sp³-hybridized carbons (Fsp3) is 0.571. The molecule has 0 aliphatic heterocycles. The first-order valence-corrected chi connectivity index (χ1v) is 8.39. The Balaban J connectivity index is 3.04. The molecular formula is C14H23NO3S. The Labute approximate surface area is 115 Å². The molecule has 1 aromatic rings. The molecule has 1 atom stereocenters. The Morgan fingerprint density at radius 1 is 1.26 bits per heavy atom. The van der Waals surface area contributed by atoms with E-state index in [1.165, 1.54) is 6.26 Å². The minimum Gasteiger partial charge on any atom is -0.396 e. The summed E-state index contributed by atoms with van der Waals surface area (Å²) < 4.78 is 22.9. The van der Waals surface area contributed by atoms with E-state index in [-0.39, 0.29) is 12.1 Å². The number of sulfone groups is 1.